The van der Waals surface area contributed by atoms with Gasteiger partial charge in [0, 0.05) is 18.6 Å². The molecule has 0 unspecified atom stereocenters. The minimum absolute atomic E-state index is 0.0501. The quantitative estimate of drug-likeness (QED) is 0.486. The summed E-state index contributed by atoms with van der Waals surface area (Å²) in [7, 11) is 0. The zero-order valence-electron chi connectivity index (χ0n) is 10.5. The Balaban J connectivity index is 2.35. The number of rotatable bonds is 3. The number of aliphatic hydroxyl groups excluding tert-OH is 1. The highest BCUT2D eigenvalue weighted by atomic mass is 16.6. The monoisotopic (exact) mass is 267 g/mol. The van der Waals surface area contributed by atoms with Crippen LogP contribution in [0.3, 0.4) is 0 Å². The van der Waals surface area contributed by atoms with E-state index < -0.39 is 4.92 Å². The van der Waals surface area contributed by atoms with Gasteiger partial charge in [0.25, 0.3) is 5.69 Å². The van der Waals surface area contributed by atoms with E-state index in [4.69, 9.17) is 0 Å². The molecule has 0 spiro atoms. The lowest BCUT2D eigenvalue weighted by molar-refractivity contribution is -0.385. The topological polar surface area (TPSA) is 101 Å². The average Bonchev–Trinajstić information content (AvgIpc) is 2.41. The zero-order valence-corrected chi connectivity index (χ0v) is 10.5. The van der Waals surface area contributed by atoms with Crippen LogP contribution < -0.4 is 5.49 Å². The summed E-state index contributed by atoms with van der Waals surface area (Å²) in [6.07, 6.45) is 5.00. The van der Waals surface area contributed by atoms with Crippen molar-refractivity contribution in [3.05, 3.63) is 33.9 Å². The van der Waals surface area contributed by atoms with Gasteiger partial charge in [0.1, 0.15) is 0 Å². The molecule has 0 amide bonds. The fourth-order valence-electron chi connectivity index (χ4n) is 2.42. The maximum atomic E-state index is 10.7. The van der Waals surface area contributed by atoms with Crippen molar-refractivity contribution in [3.8, 4) is 0 Å². The van der Waals surface area contributed by atoms with Gasteiger partial charge in [-0.15, -0.1) is 0 Å². The highest BCUT2D eigenvalue weighted by Crippen LogP contribution is 2.26. The van der Waals surface area contributed by atoms with Gasteiger partial charge in [0.15, 0.2) is 5.49 Å². The average molecular weight is 267 g/mol. The summed E-state index contributed by atoms with van der Waals surface area (Å²) >= 11 is 0. The summed E-state index contributed by atoms with van der Waals surface area (Å²) in [5.41, 5.74) is 0.0416. The van der Waals surface area contributed by atoms with E-state index >= 15 is 0 Å². The highest BCUT2D eigenvalue weighted by Gasteiger charge is 2.24. The molecule has 1 aromatic rings. The second-order valence-electron chi connectivity index (χ2n) is 4.77. The molecule has 2 rings (SSSR count). The van der Waals surface area contributed by atoms with Crippen molar-refractivity contribution in [2.75, 3.05) is 6.61 Å². The van der Waals surface area contributed by atoms with Gasteiger partial charge in [-0.2, -0.15) is 4.73 Å². The summed E-state index contributed by atoms with van der Waals surface area (Å²) in [5.74, 6) is 0.0630. The Kier molecular flexibility index (Phi) is 4.16. The Morgan fingerprint density at radius 3 is 2.89 bits per heavy atom. The van der Waals surface area contributed by atoms with Crippen molar-refractivity contribution < 1.29 is 15.2 Å². The van der Waals surface area contributed by atoms with Gasteiger partial charge in [-0.3, -0.25) is 15.1 Å². The van der Waals surface area contributed by atoms with Gasteiger partial charge < -0.3 is 10.3 Å². The third-order valence-corrected chi connectivity index (χ3v) is 3.51. The summed E-state index contributed by atoms with van der Waals surface area (Å²) in [6.45, 7) is 0.0501. The molecule has 104 valence electrons. The lowest BCUT2D eigenvalue weighted by Gasteiger charge is -2.26. The van der Waals surface area contributed by atoms with Crippen molar-refractivity contribution in [2.45, 2.75) is 31.7 Å². The van der Waals surface area contributed by atoms with Crippen molar-refractivity contribution in [1.29, 1.82) is 0 Å². The third kappa shape index (κ3) is 3.11. The van der Waals surface area contributed by atoms with E-state index in [2.05, 4.69) is 4.99 Å². The van der Waals surface area contributed by atoms with Gasteiger partial charge in [0.05, 0.1) is 23.2 Å². The molecule has 1 saturated carbocycles. The number of nitrogens with zero attached hydrogens (tertiary/aromatic N) is 3. The first kappa shape index (κ1) is 13.5. The minimum Gasteiger partial charge on any atom is -0.427 e. The first-order valence-corrected chi connectivity index (χ1v) is 6.33. The van der Waals surface area contributed by atoms with Crippen molar-refractivity contribution in [2.24, 2.45) is 10.9 Å². The largest absolute Gasteiger partial charge is 0.427 e. The van der Waals surface area contributed by atoms with Crippen LogP contribution in [0.15, 0.2) is 23.3 Å². The molecule has 7 heteroatoms. The summed E-state index contributed by atoms with van der Waals surface area (Å²) in [6, 6.07) is 2.35. The minimum atomic E-state index is -0.524. The number of hydrogen-bond donors (Lipinski definition) is 2. The fourth-order valence-corrected chi connectivity index (χ4v) is 2.42. The van der Waals surface area contributed by atoms with E-state index in [0.717, 1.165) is 30.4 Å². The third-order valence-electron chi connectivity index (χ3n) is 3.51. The maximum Gasteiger partial charge on any atom is 0.274 e. The molecule has 0 radical (unpaired) electrons. The molecule has 1 heterocycles. The Hall–Kier alpha value is -1.89. The summed E-state index contributed by atoms with van der Waals surface area (Å²) in [5, 5.41) is 29.7. The van der Waals surface area contributed by atoms with E-state index in [0.29, 0.717) is 0 Å². The summed E-state index contributed by atoms with van der Waals surface area (Å²) < 4.78 is 0.774. The van der Waals surface area contributed by atoms with Crippen LogP contribution in [-0.2, 0) is 0 Å². The number of nitro groups is 1. The lowest BCUT2D eigenvalue weighted by atomic mass is 9.85. The lowest BCUT2D eigenvalue weighted by Crippen LogP contribution is -2.30. The van der Waals surface area contributed by atoms with E-state index in [1.807, 2.05) is 0 Å². The molecule has 1 aliphatic carbocycles. The maximum absolute atomic E-state index is 10.7. The molecule has 0 saturated heterocycles. The first-order valence-electron chi connectivity index (χ1n) is 6.33. The van der Waals surface area contributed by atoms with E-state index in [1.165, 1.54) is 18.3 Å². The van der Waals surface area contributed by atoms with E-state index in [9.17, 15) is 20.4 Å². The van der Waals surface area contributed by atoms with E-state index in [1.54, 1.807) is 0 Å². The van der Waals surface area contributed by atoms with Gasteiger partial charge in [-0.25, -0.2) is 0 Å². The first-order chi connectivity index (χ1) is 9.11. The molecule has 7 nitrogen and oxygen atoms in total. The van der Waals surface area contributed by atoms with Crippen LogP contribution in [0.5, 0.6) is 0 Å². The molecule has 19 heavy (non-hydrogen) atoms. The van der Waals surface area contributed by atoms with E-state index in [-0.39, 0.29) is 29.7 Å². The molecule has 0 aliphatic heterocycles. The van der Waals surface area contributed by atoms with Gasteiger partial charge in [-0.1, -0.05) is 12.8 Å². The predicted octanol–water partition coefficient (Wildman–Crippen LogP) is 1.09. The van der Waals surface area contributed by atoms with Crippen LogP contribution in [0.1, 0.15) is 25.7 Å². The predicted molar refractivity (Wildman–Crippen MR) is 66.7 cm³/mol. The number of pyridine rings is 1. The molecule has 1 aliphatic rings. The zero-order chi connectivity index (χ0) is 13.8. The van der Waals surface area contributed by atoms with Gasteiger partial charge in [-0.05, 0) is 12.8 Å². The van der Waals surface area contributed by atoms with Crippen LogP contribution in [0.2, 0.25) is 0 Å². The Morgan fingerprint density at radius 2 is 2.21 bits per heavy atom. The SMILES string of the molecule is O=[N+]([O-])c1ccn(O)c(=N[C@@H]2CCCC[C@H]2CO)c1. The fraction of sp³-hybridized carbons (Fsp3) is 0.583. The molecule has 1 fully saturated rings. The molecular weight excluding hydrogens is 250 g/mol. The Bertz CT molecular complexity index is 526. The highest BCUT2D eigenvalue weighted by molar-refractivity contribution is 5.25. The number of hydrogen-bond acceptors (Lipinski definition) is 5. The van der Waals surface area contributed by atoms with Crippen molar-refractivity contribution in [3.63, 3.8) is 0 Å². The van der Waals surface area contributed by atoms with Crippen LogP contribution >= 0.6 is 0 Å². The Morgan fingerprint density at radius 1 is 1.47 bits per heavy atom. The van der Waals surface area contributed by atoms with Gasteiger partial charge in [0.2, 0.25) is 0 Å². The van der Waals surface area contributed by atoms with Gasteiger partial charge >= 0.3 is 0 Å². The number of aliphatic hydroxyl groups is 1. The van der Waals surface area contributed by atoms with Crippen LogP contribution in [-0.4, -0.2) is 32.6 Å². The molecule has 1 aromatic heterocycles. The molecule has 0 aromatic carbocycles. The van der Waals surface area contributed by atoms with Crippen LogP contribution in [0.25, 0.3) is 0 Å². The molecule has 2 atom stereocenters. The second-order valence-corrected chi connectivity index (χ2v) is 4.77. The molecule has 0 bridgehead atoms. The van der Waals surface area contributed by atoms with Crippen LogP contribution in [0.4, 0.5) is 5.69 Å². The van der Waals surface area contributed by atoms with Crippen molar-refractivity contribution in [1.82, 2.24) is 4.73 Å². The second kappa shape index (κ2) is 5.83. The standard InChI is InChI=1S/C12H17N3O4/c16-8-9-3-1-2-4-11(9)13-12-7-10(15(18)19)5-6-14(12)17/h5-7,9,11,16-17H,1-4,8H2/t9-,11+/m0/s1. The number of aromatic nitrogens is 1. The molecular formula is C12H17N3O4. The van der Waals surface area contributed by atoms with Crippen molar-refractivity contribution >= 4 is 5.69 Å². The molecule has 2 N–H and O–H groups in total. The summed E-state index contributed by atoms with van der Waals surface area (Å²) in [4.78, 5) is 14.5. The van der Waals surface area contributed by atoms with Crippen LogP contribution in [0, 0.1) is 16.0 Å². The normalized spacial score (nSPS) is 24.4. The Labute approximate surface area is 110 Å². The smallest absolute Gasteiger partial charge is 0.274 e.